The molecular weight excluding hydrogens is 309 g/mol. The molecule has 4 nitrogen and oxygen atoms in total. The molecule has 1 aromatic heterocycles. The zero-order valence-electron chi connectivity index (χ0n) is 12.0. The van der Waals surface area contributed by atoms with Crippen molar-refractivity contribution in [1.29, 1.82) is 0 Å². The summed E-state index contributed by atoms with van der Waals surface area (Å²) in [7, 11) is 0. The summed E-state index contributed by atoms with van der Waals surface area (Å²) < 4.78 is 44.9. The highest BCUT2D eigenvalue weighted by molar-refractivity contribution is 5.92. The molecule has 0 bridgehead atoms. The summed E-state index contributed by atoms with van der Waals surface area (Å²) in [5.41, 5.74) is 1.41. The summed E-state index contributed by atoms with van der Waals surface area (Å²) in [5.74, 6) is -4.43. The van der Waals surface area contributed by atoms with Gasteiger partial charge in [-0.05, 0) is 29.8 Å². The first-order chi connectivity index (χ1) is 10.9. The normalized spacial score (nSPS) is 11.0. The molecule has 0 unspecified atom stereocenters. The second kappa shape index (κ2) is 5.75. The van der Waals surface area contributed by atoms with Crippen LogP contribution in [0.15, 0.2) is 34.7 Å². The van der Waals surface area contributed by atoms with E-state index in [9.17, 15) is 18.0 Å². The van der Waals surface area contributed by atoms with Gasteiger partial charge in [0, 0.05) is 6.92 Å². The van der Waals surface area contributed by atoms with Crippen LogP contribution in [0.5, 0.6) is 0 Å². The number of aryl methyl sites for hydroxylation is 1. The minimum atomic E-state index is -1.62. The lowest BCUT2D eigenvalue weighted by molar-refractivity contribution is -0.115. The van der Waals surface area contributed by atoms with Crippen molar-refractivity contribution in [2.24, 2.45) is 0 Å². The predicted octanol–water partition coefficient (Wildman–Crippen LogP) is 3.73. The summed E-state index contributed by atoms with van der Waals surface area (Å²) in [4.78, 5) is 16.1. The summed E-state index contributed by atoms with van der Waals surface area (Å²) >= 11 is 0. The first-order valence-electron chi connectivity index (χ1n) is 6.73. The fraction of sp³-hybridized carbons (Fsp3) is 0.125. The van der Waals surface area contributed by atoms with Gasteiger partial charge < -0.3 is 9.73 Å². The minimum Gasteiger partial charge on any atom is -0.441 e. The summed E-state index contributed by atoms with van der Waals surface area (Å²) in [6.07, 6.45) is -0.0753. The van der Waals surface area contributed by atoms with Gasteiger partial charge in [0.2, 0.25) is 5.91 Å². The largest absolute Gasteiger partial charge is 0.441 e. The van der Waals surface area contributed by atoms with Crippen molar-refractivity contribution in [2.75, 3.05) is 5.32 Å². The number of carbonyl (C=O) groups excluding carboxylic acids is 1. The number of nitrogens with one attached hydrogen (secondary N) is 1. The highest BCUT2D eigenvalue weighted by Gasteiger charge is 2.15. The Bertz CT molecular complexity index is 906. The van der Waals surface area contributed by atoms with Gasteiger partial charge in [-0.1, -0.05) is 6.07 Å². The molecule has 0 aliphatic rings. The van der Waals surface area contributed by atoms with E-state index in [2.05, 4.69) is 10.3 Å². The Kier molecular flexibility index (Phi) is 3.77. The van der Waals surface area contributed by atoms with E-state index >= 15 is 0 Å². The van der Waals surface area contributed by atoms with Crippen molar-refractivity contribution < 1.29 is 22.4 Å². The lowest BCUT2D eigenvalue weighted by Crippen LogP contribution is -2.16. The van der Waals surface area contributed by atoms with E-state index in [4.69, 9.17) is 4.42 Å². The average molecular weight is 320 g/mol. The molecule has 3 rings (SSSR count). The average Bonchev–Trinajstić information content (AvgIpc) is 2.87. The zero-order chi connectivity index (χ0) is 16.6. The van der Waals surface area contributed by atoms with E-state index < -0.39 is 29.0 Å². The van der Waals surface area contributed by atoms with E-state index in [-0.39, 0.29) is 6.42 Å². The molecule has 3 aromatic rings. The minimum absolute atomic E-state index is 0.0753. The van der Waals surface area contributed by atoms with Crippen LogP contribution in [0.2, 0.25) is 0 Å². The Hall–Kier alpha value is -2.83. The van der Waals surface area contributed by atoms with Crippen molar-refractivity contribution in [3.8, 4) is 0 Å². The molecule has 0 fully saturated rings. The first-order valence-corrected chi connectivity index (χ1v) is 6.73. The number of fused-ring (bicyclic) bond motifs is 1. The molecule has 0 radical (unpaired) electrons. The third-order valence-corrected chi connectivity index (χ3v) is 3.23. The lowest BCUT2D eigenvalue weighted by Gasteiger charge is -2.07. The van der Waals surface area contributed by atoms with Crippen LogP contribution in [0.3, 0.4) is 0 Å². The van der Waals surface area contributed by atoms with Gasteiger partial charge in [0.1, 0.15) is 5.52 Å². The lowest BCUT2D eigenvalue weighted by atomic mass is 10.1. The Morgan fingerprint density at radius 3 is 2.74 bits per heavy atom. The van der Waals surface area contributed by atoms with Crippen LogP contribution in [0.4, 0.5) is 18.9 Å². The van der Waals surface area contributed by atoms with E-state index in [1.807, 2.05) is 0 Å². The van der Waals surface area contributed by atoms with Gasteiger partial charge >= 0.3 is 0 Å². The van der Waals surface area contributed by atoms with Crippen molar-refractivity contribution in [1.82, 2.24) is 4.98 Å². The standard InChI is InChI=1S/C16H11F3N2O2/c1-8-20-11-4-2-9(6-13(11)23-8)7-14(22)21-12-5-3-10(17)15(18)16(12)19/h2-6H,7H2,1H3,(H,21,22). The molecule has 118 valence electrons. The molecule has 0 aliphatic heterocycles. The molecule has 0 spiro atoms. The van der Waals surface area contributed by atoms with E-state index in [1.165, 1.54) is 0 Å². The Labute approximate surface area is 128 Å². The van der Waals surface area contributed by atoms with Gasteiger partial charge in [-0.3, -0.25) is 4.79 Å². The maximum absolute atomic E-state index is 13.5. The molecule has 23 heavy (non-hydrogen) atoms. The molecule has 0 atom stereocenters. The first kappa shape index (κ1) is 15.1. The molecular formula is C16H11F3N2O2. The molecule has 0 saturated carbocycles. The number of nitrogens with zero attached hydrogens (tertiary/aromatic N) is 1. The zero-order valence-corrected chi connectivity index (χ0v) is 12.0. The highest BCUT2D eigenvalue weighted by Crippen LogP contribution is 2.21. The van der Waals surface area contributed by atoms with Crippen LogP contribution in [0.25, 0.3) is 11.1 Å². The van der Waals surface area contributed by atoms with Crippen LogP contribution in [-0.2, 0) is 11.2 Å². The van der Waals surface area contributed by atoms with Gasteiger partial charge in [-0.25, -0.2) is 18.2 Å². The van der Waals surface area contributed by atoms with Gasteiger partial charge in [0.15, 0.2) is 28.9 Å². The smallest absolute Gasteiger partial charge is 0.228 e. The molecule has 1 amide bonds. The number of oxazole rings is 1. The third kappa shape index (κ3) is 3.03. The van der Waals surface area contributed by atoms with Gasteiger partial charge in [-0.2, -0.15) is 0 Å². The molecule has 1 heterocycles. The third-order valence-electron chi connectivity index (χ3n) is 3.23. The molecule has 0 aliphatic carbocycles. The number of benzene rings is 2. The number of aromatic nitrogens is 1. The Morgan fingerprint density at radius 2 is 1.96 bits per heavy atom. The maximum atomic E-state index is 13.5. The number of anilines is 1. The highest BCUT2D eigenvalue weighted by atomic mass is 19.2. The van der Waals surface area contributed by atoms with Crippen LogP contribution in [-0.4, -0.2) is 10.9 Å². The monoisotopic (exact) mass is 320 g/mol. The van der Waals surface area contributed by atoms with E-state index in [0.717, 1.165) is 12.1 Å². The van der Waals surface area contributed by atoms with E-state index in [1.54, 1.807) is 25.1 Å². The van der Waals surface area contributed by atoms with Crippen LogP contribution < -0.4 is 5.32 Å². The van der Waals surface area contributed by atoms with Gasteiger partial charge in [0.25, 0.3) is 0 Å². The van der Waals surface area contributed by atoms with Crippen molar-refractivity contribution in [3.63, 3.8) is 0 Å². The van der Waals surface area contributed by atoms with Gasteiger partial charge in [0.05, 0.1) is 12.1 Å². The second-order valence-electron chi connectivity index (χ2n) is 4.98. The van der Waals surface area contributed by atoms with Crippen molar-refractivity contribution >= 4 is 22.7 Å². The number of carbonyl (C=O) groups is 1. The van der Waals surface area contributed by atoms with Crippen LogP contribution in [0, 0.1) is 24.4 Å². The van der Waals surface area contributed by atoms with Crippen LogP contribution >= 0.6 is 0 Å². The Morgan fingerprint density at radius 1 is 1.17 bits per heavy atom. The molecule has 0 saturated heterocycles. The Balaban J connectivity index is 1.77. The number of rotatable bonds is 3. The second-order valence-corrected chi connectivity index (χ2v) is 4.98. The number of amides is 1. The maximum Gasteiger partial charge on any atom is 0.228 e. The van der Waals surface area contributed by atoms with Crippen molar-refractivity contribution in [3.05, 3.63) is 59.2 Å². The topological polar surface area (TPSA) is 55.1 Å². The summed E-state index contributed by atoms with van der Waals surface area (Å²) in [5, 5.41) is 2.21. The molecule has 2 aromatic carbocycles. The van der Waals surface area contributed by atoms with E-state index in [0.29, 0.717) is 22.6 Å². The SMILES string of the molecule is Cc1nc2ccc(CC(=O)Nc3ccc(F)c(F)c3F)cc2o1. The van der Waals surface area contributed by atoms with Crippen molar-refractivity contribution in [2.45, 2.75) is 13.3 Å². The molecule has 1 N–H and O–H groups in total. The number of hydrogen-bond acceptors (Lipinski definition) is 3. The number of halogens is 3. The summed E-state index contributed by atoms with van der Waals surface area (Å²) in [6, 6.07) is 6.75. The van der Waals surface area contributed by atoms with Gasteiger partial charge in [-0.15, -0.1) is 0 Å². The number of hydrogen-bond donors (Lipinski definition) is 1. The fourth-order valence-electron chi connectivity index (χ4n) is 2.20. The summed E-state index contributed by atoms with van der Waals surface area (Å²) in [6.45, 7) is 1.71. The fourth-order valence-corrected chi connectivity index (χ4v) is 2.20. The van der Waals surface area contributed by atoms with Crippen LogP contribution in [0.1, 0.15) is 11.5 Å². The molecule has 7 heteroatoms. The quantitative estimate of drug-likeness (QED) is 0.748. The predicted molar refractivity (Wildman–Crippen MR) is 77.4 cm³/mol.